The molecule has 122 valence electrons. The number of aromatic carboxylic acids is 1. The van der Waals surface area contributed by atoms with Crippen LogP contribution in [0.25, 0.3) is 21.7 Å². The average Bonchev–Trinajstić information content (AvgIpc) is 2.61. The summed E-state index contributed by atoms with van der Waals surface area (Å²) >= 11 is 0. The number of hydrogen-bond donors (Lipinski definition) is 2. The lowest BCUT2D eigenvalue weighted by Crippen LogP contribution is -2.02. The molecule has 4 rings (SSSR count). The molecule has 0 aliphatic rings. The molecule has 0 radical (unpaired) electrons. The summed E-state index contributed by atoms with van der Waals surface area (Å²) in [4.78, 5) is 22.9. The van der Waals surface area contributed by atoms with Gasteiger partial charge < -0.3 is 14.8 Å². The maximum absolute atomic E-state index is 11.9. The van der Waals surface area contributed by atoms with Crippen molar-refractivity contribution in [3.05, 3.63) is 82.7 Å². The van der Waals surface area contributed by atoms with Gasteiger partial charge in [-0.3, -0.25) is 0 Å². The Morgan fingerprint density at radius 1 is 0.960 bits per heavy atom. The third kappa shape index (κ3) is 2.72. The fourth-order valence-corrected chi connectivity index (χ4v) is 2.89. The molecule has 5 heteroatoms. The van der Waals surface area contributed by atoms with Crippen molar-refractivity contribution in [1.29, 1.82) is 0 Å². The predicted octanol–water partition coefficient (Wildman–Crippen LogP) is 4.39. The van der Waals surface area contributed by atoms with E-state index in [1.165, 1.54) is 18.2 Å². The number of rotatable bonds is 3. The lowest BCUT2D eigenvalue weighted by atomic mass is 10.0. The molecule has 0 atom stereocenters. The van der Waals surface area contributed by atoms with Gasteiger partial charge >= 0.3 is 11.6 Å². The fraction of sp³-hybridized carbons (Fsp3) is 0. The van der Waals surface area contributed by atoms with Crippen molar-refractivity contribution in [2.45, 2.75) is 0 Å². The highest BCUT2D eigenvalue weighted by Crippen LogP contribution is 2.32. The van der Waals surface area contributed by atoms with Gasteiger partial charge in [0.2, 0.25) is 0 Å². The van der Waals surface area contributed by atoms with Crippen LogP contribution in [-0.4, -0.2) is 11.1 Å². The minimum Gasteiger partial charge on any atom is -0.478 e. The minimum atomic E-state index is -0.983. The van der Waals surface area contributed by atoms with Crippen LogP contribution < -0.4 is 10.9 Å². The monoisotopic (exact) mass is 331 g/mol. The molecule has 0 spiro atoms. The van der Waals surface area contributed by atoms with Crippen molar-refractivity contribution in [2.75, 3.05) is 5.32 Å². The largest absolute Gasteiger partial charge is 0.478 e. The third-order valence-corrected chi connectivity index (χ3v) is 4.04. The molecular formula is C20H13NO4. The van der Waals surface area contributed by atoms with Gasteiger partial charge in [-0.05, 0) is 41.1 Å². The van der Waals surface area contributed by atoms with E-state index in [0.717, 1.165) is 16.2 Å². The Labute approximate surface area is 142 Å². The summed E-state index contributed by atoms with van der Waals surface area (Å²) in [5.41, 5.74) is 1.55. The fourth-order valence-electron chi connectivity index (χ4n) is 2.89. The van der Waals surface area contributed by atoms with Crippen molar-refractivity contribution < 1.29 is 14.3 Å². The number of nitrogens with one attached hydrogen (secondary N) is 1. The molecule has 0 aliphatic heterocycles. The van der Waals surface area contributed by atoms with Crippen LogP contribution >= 0.6 is 0 Å². The van der Waals surface area contributed by atoms with E-state index in [-0.39, 0.29) is 5.56 Å². The lowest BCUT2D eigenvalue weighted by Gasteiger charge is -2.11. The highest BCUT2D eigenvalue weighted by molar-refractivity contribution is 6.11. The van der Waals surface area contributed by atoms with E-state index >= 15 is 0 Å². The van der Waals surface area contributed by atoms with E-state index in [2.05, 4.69) is 5.32 Å². The summed E-state index contributed by atoms with van der Waals surface area (Å²) < 4.78 is 5.33. The summed E-state index contributed by atoms with van der Waals surface area (Å²) in [6.07, 6.45) is 0. The van der Waals surface area contributed by atoms with Crippen molar-refractivity contribution in [2.24, 2.45) is 0 Å². The second-order valence-electron chi connectivity index (χ2n) is 5.65. The van der Waals surface area contributed by atoms with E-state index in [1.807, 2.05) is 30.3 Å². The second-order valence-corrected chi connectivity index (χ2v) is 5.65. The molecule has 25 heavy (non-hydrogen) atoms. The summed E-state index contributed by atoms with van der Waals surface area (Å²) in [6, 6.07) is 19.3. The standard InChI is InChI=1S/C20H13NO4/c22-18-11-16(21-14-8-5-13(6-9-14)20(23)24)19-15-4-2-1-3-12(15)7-10-17(19)25-18/h1-11,21H,(H,23,24). The van der Waals surface area contributed by atoms with Crippen LogP contribution in [0.2, 0.25) is 0 Å². The minimum absolute atomic E-state index is 0.202. The topological polar surface area (TPSA) is 79.5 Å². The first-order chi connectivity index (χ1) is 12.1. The van der Waals surface area contributed by atoms with Crippen LogP contribution in [0.4, 0.5) is 11.4 Å². The maximum atomic E-state index is 11.9. The number of anilines is 2. The van der Waals surface area contributed by atoms with Gasteiger partial charge in [-0.1, -0.05) is 30.3 Å². The van der Waals surface area contributed by atoms with E-state index in [1.54, 1.807) is 18.2 Å². The summed E-state index contributed by atoms with van der Waals surface area (Å²) in [5.74, 6) is -0.983. The van der Waals surface area contributed by atoms with Crippen LogP contribution in [0.15, 0.2) is 75.9 Å². The molecular weight excluding hydrogens is 318 g/mol. The summed E-state index contributed by atoms with van der Waals surface area (Å²) in [6.45, 7) is 0. The molecule has 0 saturated heterocycles. The first-order valence-corrected chi connectivity index (χ1v) is 7.68. The second kappa shape index (κ2) is 5.79. The number of fused-ring (bicyclic) bond motifs is 3. The van der Waals surface area contributed by atoms with Gasteiger partial charge in [-0.15, -0.1) is 0 Å². The lowest BCUT2D eigenvalue weighted by molar-refractivity contribution is 0.0697. The zero-order valence-electron chi connectivity index (χ0n) is 13.0. The zero-order valence-corrected chi connectivity index (χ0v) is 13.0. The van der Waals surface area contributed by atoms with Crippen LogP contribution in [0.1, 0.15) is 10.4 Å². The third-order valence-electron chi connectivity index (χ3n) is 4.04. The zero-order chi connectivity index (χ0) is 17.4. The molecule has 1 aromatic heterocycles. The van der Waals surface area contributed by atoms with Gasteiger partial charge in [0, 0.05) is 17.1 Å². The van der Waals surface area contributed by atoms with Gasteiger partial charge in [0.1, 0.15) is 5.58 Å². The number of hydrogen-bond acceptors (Lipinski definition) is 4. The van der Waals surface area contributed by atoms with Gasteiger partial charge in [0.15, 0.2) is 0 Å². The van der Waals surface area contributed by atoms with Crippen molar-refractivity contribution in [1.82, 2.24) is 0 Å². The molecule has 3 aromatic carbocycles. The SMILES string of the molecule is O=C(O)c1ccc(Nc2cc(=O)oc3ccc4ccccc4c23)cc1. The Kier molecular flexibility index (Phi) is 3.47. The molecule has 5 nitrogen and oxygen atoms in total. The van der Waals surface area contributed by atoms with Crippen molar-refractivity contribution in [3.8, 4) is 0 Å². The van der Waals surface area contributed by atoms with E-state index in [4.69, 9.17) is 9.52 Å². The van der Waals surface area contributed by atoms with Crippen LogP contribution in [-0.2, 0) is 0 Å². The smallest absolute Gasteiger partial charge is 0.338 e. The van der Waals surface area contributed by atoms with Crippen LogP contribution in [0, 0.1) is 0 Å². The molecule has 0 bridgehead atoms. The number of carboxylic acid groups (broad SMARTS) is 1. The first-order valence-electron chi connectivity index (χ1n) is 7.68. The Bertz CT molecular complexity index is 1160. The molecule has 0 unspecified atom stereocenters. The quantitative estimate of drug-likeness (QED) is 0.430. The molecule has 0 fully saturated rings. The number of carboxylic acids is 1. The van der Waals surface area contributed by atoms with Gasteiger partial charge in [-0.25, -0.2) is 9.59 Å². The highest BCUT2D eigenvalue weighted by atomic mass is 16.4. The Morgan fingerprint density at radius 2 is 1.72 bits per heavy atom. The van der Waals surface area contributed by atoms with Gasteiger partial charge in [0.05, 0.1) is 11.3 Å². The molecule has 2 N–H and O–H groups in total. The Hall–Kier alpha value is -3.60. The summed E-state index contributed by atoms with van der Waals surface area (Å²) in [5, 5.41) is 15.0. The molecule has 0 aliphatic carbocycles. The Balaban J connectivity index is 1.89. The highest BCUT2D eigenvalue weighted by Gasteiger charge is 2.10. The molecule has 1 heterocycles. The van der Waals surface area contributed by atoms with Crippen LogP contribution in [0.5, 0.6) is 0 Å². The number of benzene rings is 3. The average molecular weight is 331 g/mol. The van der Waals surface area contributed by atoms with Crippen LogP contribution in [0.3, 0.4) is 0 Å². The van der Waals surface area contributed by atoms with Crippen molar-refractivity contribution in [3.63, 3.8) is 0 Å². The first kappa shape index (κ1) is 15.0. The van der Waals surface area contributed by atoms with E-state index in [9.17, 15) is 9.59 Å². The van der Waals surface area contributed by atoms with E-state index in [0.29, 0.717) is 17.0 Å². The Morgan fingerprint density at radius 3 is 2.48 bits per heavy atom. The molecule has 4 aromatic rings. The predicted molar refractivity (Wildman–Crippen MR) is 96.7 cm³/mol. The van der Waals surface area contributed by atoms with Crippen molar-refractivity contribution >= 4 is 39.1 Å². The molecule has 0 amide bonds. The maximum Gasteiger partial charge on any atom is 0.338 e. The van der Waals surface area contributed by atoms with Gasteiger partial charge in [0.25, 0.3) is 0 Å². The van der Waals surface area contributed by atoms with Gasteiger partial charge in [-0.2, -0.15) is 0 Å². The van der Waals surface area contributed by atoms with E-state index < -0.39 is 11.6 Å². The summed E-state index contributed by atoms with van der Waals surface area (Å²) in [7, 11) is 0. The normalized spacial score (nSPS) is 10.9. The number of carbonyl (C=O) groups is 1. The molecule has 0 saturated carbocycles.